The van der Waals surface area contributed by atoms with Gasteiger partial charge in [0, 0.05) is 11.4 Å². The summed E-state index contributed by atoms with van der Waals surface area (Å²) in [7, 11) is 2.10. The molecule has 10 heteroatoms. The monoisotopic (exact) mass is 535 g/mol. The van der Waals surface area contributed by atoms with Gasteiger partial charge in [0.2, 0.25) is 0 Å². The average Bonchev–Trinajstić information content (AvgIpc) is 2.79. The van der Waals surface area contributed by atoms with Crippen molar-refractivity contribution < 1.29 is 17.9 Å². The molecule has 3 N–H and O–H groups in total. The van der Waals surface area contributed by atoms with Crippen LogP contribution in [-0.4, -0.2) is 33.9 Å². The molecule has 0 saturated heterocycles. The molecular weight excluding hydrogens is 505 g/mol. The lowest BCUT2D eigenvalue weighted by Gasteiger charge is -2.15. The molecule has 0 spiro atoms. The Balaban J connectivity index is 1.64. The van der Waals surface area contributed by atoms with Gasteiger partial charge in [0.15, 0.2) is 5.11 Å². The van der Waals surface area contributed by atoms with E-state index in [0.29, 0.717) is 35.1 Å². The maximum Gasteiger partial charge on any atom is 0.261 e. The van der Waals surface area contributed by atoms with Gasteiger partial charge in [-0.05, 0) is 92.0 Å². The number of nitrogens with one attached hydrogen (secondary N) is 3. The molecule has 3 aromatic carbocycles. The minimum Gasteiger partial charge on any atom is -0.493 e. The van der Waals surface area contributed by atoms with Crippen LogP contribution >= 0.6 is 12.2 Å². The molecule has 0 atom stereocenters. The SMILES string of the molecule is [B]c1ccc(OCCC(C)C)c(C(=O)NC(=S)Nc2ccc(S(=O)(=O)Nc3cc(C)cc(C)c3)cc2)c1. The molecule has 3 aromatic rings. The molecule has 7 nitrogen and oxygen atoms in total. The highest BCUT2D eigenvalue weighted by atomic mass is 32.2. The Hall–Kier alpha value is -3.37. The Morgan fingerprint density at radius 3 is 2.24 bits per heavy atom. The molecule has 192 valence electrons. The minimum absolute atomic E-state index is 0.0459. The molecule has 0 aliphatic carbocycles. The zero-order valence-corrected chi connectivity index (χ0v) is 22.9. The molecule has 2 radical (unpaired) electrons. The second-order valence-corrected chi connectivity index (χ2v) is 11.3. The van der Waals surface area contributed by atoms with E-state index in [4.69, 9.17) is 24.8 Å². The van der Waals surface area contributed by atoms with Gasteiger partial charge in [0.05, 0.1) is 17.1 Å². The number of ether oxygens (including phenoxy) is 1. The first-order chi connectivity index (χ1) is 17.4. The van der Waals surface area contributed by atoms with E-state index in [1.165, 1.54) is 18.2 Å². The summed E-state index contributed by atoms with van der Waals surface area (Å²) in [6.07, 6.45) is 0.845. The third-order valence-electron chi connectivity index (χ3n) is 5.32. The van der Waals surface area contributed by atoms with Crippen molar-refractivity contribution in [3.63, 3.8) is 0 Å². The Bertz CT molecular complexity index is 1370. The fraction of sp³-hybridized carbons (Fsp3) is 0.259. The van der Waals surface area contributed by atoms with E-state index in [-0.39, 0.29) is 15.6 Å². The Kier molecular flexibility index (Phi) is 9.34. The van der Waals surface area contributed by atoms with Crippen LogP contribution in [-0.2, 0) is 10.0 Å². The van der Waals surface area contributed by atoms with Crippen molar-refractivity contribution in [2.75, 3.05) is 16.6 Å². The molecule has 0 fully saturated rings. The topological polar surface area (TPSA) is 96.5 Å². The smallest absolute Gasteiger partial charge is 0.261 e. The summed E-state index contributed by atoms with van der Waals surface area (Å²) >= 11 is 5.28. The summed E-state index contributed by atoms with van der Waals surface area (Å²) in [5, 5.41) is 5.55. The first-order valence-corrected chi connectivity index (χ1v) is 13.7. The van der Waals surface area contributed by atoms with Gasteiger partial charge in [-0.3, -0.25) is 14.8 Å². The van der Waals surface area contributed by atoms with Gasteiger partial charge in [-0.25, -0.2) is 8.42 Å². The lowest BCUT2D eigenvalue weighted by molar-refractivity contribution is 0.0973. The van der Waals surface area contributed by atoms with Crippen molar-refractivity contribution in [2.45, 2.75) is 39.0 Å². The summed E-state index contributed by atoms with van der Waals surface area (Å²) in [6.45, 7) is 8.46. The van der Waals surface area contributed by atoms with Gasteiger partial charge in [0.25, 0.3) is 15.9 Å². The second kappa shape index (κ2) is 12.2. The maximum atomic E-state index is 12.9. The number of carbonyl (C=O) groups excluding carboxylic acids is 1. The second-order valence-electron chi connectivity index (χ2n) is 9.20. The third kappa shape index (κ3) is 8.33. The quantitative estimate of drug-likeness (QED) is 0.277. The average molecular weight is 536 g/mol. The van der Waals surface area contributed by atoms with E-state index in [2.05, 4.69) is 29.2 Å². The fourth-order valence-electron chi connectivity index (χ4n) is 3.55. The lowest BCUT2D eigenvalue weighted by atomic mass is 9.94. The van der Waals surface area contributed by atoms with E-state index < -0.39 is 15.9 Å². The molecule has 3 rings (SSSR count). The number of sulfonamides is 1. The van der Waals surface area contributed by atoms with Crippen molar-refractivity contribution in [1.82, 2.24) is 5.32 Å². The van der Waals surface area contributed by atoms with Crippen molar-refractivity contribution in [3.8, 4) is 5.75 Å². The molecule has 0 aromatic heterocycles. The maximum absolute atomic E-state index is 12.9. The molecule has 37 heavy (non-hydrogen) atoms. The molecular formula is C27H30BN3O4S2. The molecule has 1 amide bonds. The zero-order valence-electron chi connectivity index (χ0n) is 21.3. The molecule has 0 unspecified atom stereocenters. The number of aryl methyl sites for hydroxylation is 2. The number of carbonyl (C=O) groups is 1. The molecule has 0 saturated carbocycles. The molecule has 0 aliphatic rings. The zero-order chi connectivity index (χ0) is 27.2. The predicted octanol–water partition coefficient (Wildman–Crippen LogP) is 4.45. The van der Waals surface area contributed by atoms with Crippen molar-refractivity contribution in [1.29, 1.82) is 0 Å². The van der Waals surface area contributed by atoms with E-state index in [9.17, 15) is 13.2 Å². The summed E-state index contributed by atoms with van der Waals surface area (Å²) in [5.74, 6) is 0.411. The Morgan fingerprint density at radius 2 is 1.62 bits per heavy atom. The van der Waals surface area contributed by atoms with E-state index >= 15 is 0 Å². The number of amides is 1. The van der Waals surface area contributed by atoms with Gasteiger partial charge in [-0.2, -0.15) is 0 Å². The summed E-state index contributed by atoms with van der Waals surface area (Å²) in [6, 6.07) is 16.4. The van der Waals surface area contributed by atoms with Gasteiger partial charge in [-0.15, -0.1) is 0 Å². The van der Waals surface area contributed by atoms with Gasteiger partial charge in [0.1, 0.15) is 13.6 Å². The van der Waals surface area contributed by atoms with E-state index in [1.54, 1.807) is 36.4 Å². The number of hydrogen-bond acceptors (Lipinski definition) is 5. The standard InChI is InChI=1S/C27H30BN3O4S2/c1-17(2)11-12-35-25-10-5-20(28)16-24(25)26(32)30-27(36)29-21-6-8-23(9-7-21)37(33,34)31-22-14-18(3)13-19(4)15-22/h5-10,13-17,31H,11-12H2,1-4H3,(H2,29,30,32,36). The Morgan fingerprint density at radius 1 is 0.973 bits per heavy atom. The highest BCUT2D eigenvalue weighted by Gasteiger charge is 2.17. The minimum atomic E-state index is -3.78. The number of thiocarbonyl (C=S) groups is 1. The molecule has 0 bridgehead atoms. The van der Waals surface area contributed by atoms with Crippen LogP contribution in [0.1, 0.15) is 41.8 Å². The largest absolute Gasteiger partial charge is 0.493 e. The van der Waals surface area contributed by atoms with E-state index in [1.807, 2.05) is 19.9 Å². The Labute approximate surface area is 225 Å². The van der Waals surface area contributed by atoms with Crippen molar-refractivity contribution in [3.05, 3.63) is 77.4 Å². The molecule has 0 aliphatic heterocycles. The first-order valence-electron chi connectivity index (χ1n) is 11.8. The van der Waals surface area contributed by atoms with Crippen LogP contribution in [0.2, 0.25) is 0 Å². The van der Waals surface area contributed by atoms with Crippen LogP contribution in [0.3, 0.4) is 0 Å². The summed E-state index contributed by atoms with van der Waals surface area (Å²) in [5.41, 5.74) is 3.62. The van der Waals surface area contributed by atoms with Crippen LogP contribution in [0.15, 0.2) is 65.6 Å². The number of anilines is 2. The van der Waals surface area contributed by atoms with Gasteiger partial charge >= 0.3 is 0 Å². The van der Waals surface area contributed by atoms with Crippen molar-refractivity contribution in [2.24, 2.45) is 5.92 Å². The van der Waals surface area contributed by atoms with Crippen LogP contribution < -0.4 is 25.6 Å². The normalized spacial score (nSPS) is 11.2. The summed E-state index contributed by atoms with van der Waals surface area (Å²) in [4.78, 5) is 13.0. The van der Waals surface area contributed by atoms with E-state index in [0.717, 1.165) is 17.5 Å². The summed E-state index contributed by atoms with van der Waals surface area (Å²) < 4.78 is 34.0. The van der Waals surface area contributed by atoms with Crippen LogP contribution in [0.25, 0.3) is 0 Å². The third-order valence-corrected chi connectivity index (χ3v) is 6.93. The van der Waals surface area contributed by atoms with Crippen LogP contribution in [0.4, 0.5) is 11.4 Å². The fourth-order valence-corrected chi connectivity index (χ4v) is 4.80. The highest BCUT2D eigenvalue weighted by molar-refractivity contribution is 7.92. The first kappa shape index (κ1) is 28.2. The molecule has 0 heterocycles. The number of benzene rings is 3. The number of hydrogen-bond donors (Lipinski definition) is 3. The highest BCUT2D eigenvalue weighted by Crippen LogP contribution is 2.21. The van der Waals surface area contributed by atoms with Crippen LogP contribution in [0.5, 0.6) is 5.75 Å². The van der Waals surface area contributed by atoms with Gasteiger partial charge < -0.3 is 10.1 Å². The number of rotatable bonds is 9. The lowest BCUT2D eigenvalue weighted by Crippen LogP contribution is -2.34. The van der Waals surface area contributed by atoms with Crippen molar-refractivity contribution >= 4 is 57.9 Å². The van der Waals surface area contributed by atoms with Crippen LogP contribution in [0, 0.1) is 19.8 Å². The van der Waals surface area contributed by atoms with Gasteiger partial charge in [-0.1, -0.05) is 37.5 Å². The predicted molar refractivity (Wildman–Crippen MR) is 154 cm³/mol.